The molecule has 0 aliphatic carbocycles. The summed E-state index contributed by atoms with van der Waals surface area (Å²) in [5, 5.41) is 11.8. The molecule has 0 aromatic carbocycles. The lowest BCUT2D eigenvalue weighted by Crippen LogP contribution is -2.47. The molecule has 0 radical (unpaired) electrons. The Kier molecular flexibility index (Phi) is 7.23. The van der Waals surface area contributed by atoms with Crippen molar-refractivity contribution in [3.8, 4) is 0 Å². The molecule has 5 nitrogen and oxygen atoms in total. The fourth-order valence-electron chi connectivity index (χ4n) is 2.58. The molecule has 2 atom stereocenters. The fraction of sp³-hybridized carbons (Fsp3) is 0.923. The van der Waals surface area contributed by atoms with E-state index in [0.717, 1.165) is 32.2 Å². The van der Waals surface area contributed by atoms with E-state index < -0.39 is 0 Å². The van der Waals surface area contributed by atoms with Crippen molar-refractivity contribution in [3.63, 3.8) is 0 Å². The first kappa shape index (κ1) is 15.4. The van der Waals surface area contributed by atoms with Crippen LogP contribution < -0.4 is 5.32 Å². The average Bonchev–Trinajstić information content (AvgIpc) is 2.83. The minimum Gasteiger partial charge on any atom is -0.396 e. The third-order valence-electron chi connectivity index (χ3n) is 3.60. The molecule has 1 aliphatic rings. The quantitative estimate of drug-likeness (QED) is 0.618. The minimum absolute atomic E-state index is 0.0722. The second kappa shape index (κ2) is 8.45. The summed E-state index contributed by atoms with van der Waals surface area (Å²) in [6.45, 7) is 4.29. The highest BCUT2D eigenvalue weighted by molar-refractivity contribution is 5.81. The van der Waals surface area contributed by atoms with Gasteiger partial charge in [0.1, 0.15) is 0 Å². The number of carbonyl (C=O) groups is 1. The number of nitrogens with one attached hydrogen (secondary N) is 1. The van der Waals surface area contributed by atoms with Gasteiger partial charge in [0.2, 0.25) is 5.91 Å². The van der Waals surface area contributed by atoms with Gasteiger partial charge in [-0.2, -0.15) is 0 Å². The lowest BCUT2D eigenvalue weighted by atomic mass is 10.1. The predicted octanol–water partition coefficient (Wildman–Crippen LogP) is 0.374. The first-order chi connectivity index (χ1) is 8.70. The van der Waals surface area contributed by atoms with Gasteiger partial charge in [-0.15, -0.1) is 0 Å². The fourth-order valence-corrected chi connectivity index (χ4v) is 2.58. The maximum Gasteiger partial charge on any atom is 0.237 e. The Bertz CT molecular complexity index is 248. The van der Waals surface area contributed by atoms with Gasteiger partial charge < -0.3 is 15.2 Å². The van der Waals surface area contributed by atoms with Crippen molar-refractivity contribution in [2.75, 3.05) is 33.4 Å². The Hall–Kier alpha value is -0.650. The summed E-state index contributed by atoms with van der Waals surface area (Å²) in [5.41, 5.74) is 0. The average molecular weight is 258 g/mol. The predicted molar refractivity (Wildman–Crippen MR) is 70.4 cm³/mol. The molecule has 1 saturated heterocycles. The summed E-state index contributed by atoms with van der Waals surface area (Å²) in [4.78, 5) is 14.2. The van der Waals surface area contributed by atoms with Gasteiger partial charge in [0.25, 0.3) is 0 Å². The highest BCUT2D eigenvalue weighted by Gasteiger charge is 2.31. The van der Waals surface area contributed by atoms with E-state index in [2.05, 4.69) is 10.2 Å². The molecule has 2 N–H and O–H groups in total. The zero-order chi connectivity index (χ0) is 13.4. The van der Waals surface area contributed by atoms with Gasteiger partial charge in [0, 0.05) is 26.3 Å². The number of likely N-dealkylation sites (tertiary alicyclic amines) is 1. The summed E-state index contributed by atoms with van der Waals surface area (Å²) in [5.74, 6) is 0.0722. The number of aliphatic hydroxyl groups is 1. The molecule has 18 heavy (non-hydrogen) atoms. The van der Waals surface area contributed by atoms with Crippen LogP contribution in [0, 0.1) is 0 Å². The van der Waals surface area contributed by atoms with Crippen LogP contribution in [-0.2, 0) is 9.53 Å². The standard InChI is InChI=1S/C13H26N2O3/c1-11(13(17)14-7-10-18-2)15-8-3-5-12(15)6-4-9-16/h11-12,16H,3-10H2,1-2H3,(H,14,17). The topological polar surface area (TPSA) is 61.8 Å². The number of hydrogen-bond acceptors (Lipinski definition) is 4. The largest absolute Gasteiger partial charge is 0.396 e. The lowest BCUT2D eigenvalue weighted by molar-refractivity contribution is -0.126. The molecule has 106 valence electrons. The zero-order valence-electron chi connectivity index (χ0n) is 11.5. The SMILES string of the molecule is COCCNC(=O)C(C)N1CCCC1CCCO. The molecule has 0 bridgehead atoms. The monoisotopic (exact) mass is 258 g/mol. The first-order valence-electron chi connectivity index (χ1n) is 6.84. The Morgan fingerprint density at radius 2 is 2.39 bits per heavy atom. The van der Waals surface area contributed by atoms with Crippen molar-refractivity contribution in [1.82, 2.24) is 10.2 Å². The molecular weight excluding hydrogens is 232 g/mol. The van der Waals surface area contributed by atoms with Crippen LogP contribution in [-0.4, -0.2) is 61.4 Å². The van der Waals surface area contributed by atoms with Crippen molar-refractivity contribution in [2.24, 2.45) is 0 Å². The van der Waals surface area contributed by atoms with E-state index >= 15 is 0 Å². The van der Waals surface area contributed by atoms with E-state index in [1.54, 1.807) is 7.11 Å². The van der Waals surface area contributed by atoms with Gasteiger partial charge in [0.05, 0.1) is 12.6 Å². The van der Waals surface area contributed by atoms with Gasteiger partial charge >= 0.3 is 0 Å². The smallest absolute Gasteiger partial charge is 0.237 e. The third kappa shape index (κ3) is 4.55. The van der Waals surface area contributed by atoms with E-state index in [1.807, 2.05) is 6.92 Å². The number of ether oxygens (including phenoxy) is 1. The van der Waals surface area contributed by atoms with Crippen LogP contribution in [0.15, 0.2) is 0 Å². The molecule has 0 aromatic heterocycles. The normalized spacial score (nSPS) is 22.1. The number of aliphatic hydroxyl groups excluding tert-OH is 1. The molecule has 1 heterocycles. The van der Waals surface area contributed by atoms with Crippen LogP contribution in [0.1, 0.15) is 32.6 Å². The van der Waals surface area contributed by atoms with Gasteiger partial charge in [-0.1, -0.05) is 0 Å². The van der Waals surface area contributed by atoms with Crippen LogP contribution in [0.5, 0.6) is 0 Å². The van der Waals surface area contributed by atoms with E-state index in [9.17, 15) is 4.79 Å². The number of nitrogens with zero attached hydrogens (tertiary/aromatic N) is 1. The van der Waals surface area contributed by atoms with Gasteiger partial charge in [0.15, 0.2) is 0 Å². The Morgan fingerprint density at radius 3 is 3.06 bits per heavy atom. The minimum atomic E-state index is -0.0898. The zero-order valence-corrected chi connectivity index (χ0v) is 11.5. The second-order valence-corrected chi connectivity index (χ2v) is 4.86. The van der Waals surface area contributed by atoms with Crippen molar-refractivity contribution in [1.29, 1.82) is 0 Å². The molecule has 0 aromatic rings. The van der Waals surface area contributed by atoms with Gasteiger partial charge in [-0.3, -0.25) is 9.69 Å². The lowest BCUT2D eigenvalue weighted by Gasteiger charge is -2.29. The van der Waals surface area contributed by atoms with Crippen LogP contribution in [0.2, 0.25) is 0 Å². The number of carbonyl (C=O) groups excluding carboxylic acids is 1. The molecular formula is C13H26N2O3. The van der Waals surface area contributed by atoms with E-state index in [1.165, 1.54) is 0 Å². The van der Waals surface area contributed by atoms with Crippen LogP contribution in [0.4, 0.5) is 0 Å². The summed E-state index contributed by atoms with van der Waals surface area (Å²) >= 11 is 0. The van der Waals surface area contributed by atoms with Crippen LogP contribution in [0.3, 0.4) is 0 Å². The maximum absolute atomic E-state index is 12.0. The Balaban J connectivity index is 2.38. The molecule has 1 rings (SSSR count). The summed E-state index contributed by atoms with van der Waals surface area (Å²) in [7, 11) is 1.63. The second-order valence-electron chi connectivity index (χ2n) is 4.86. The highest BCUT2D eigenvalue weighted by Crippen LogP contribution is 2.23. The molecule has 0 saturated carbocycles. The molecule has 2 unspecified atom stereocenters. The van der Waals surface area contributed by atoms with Crippen LogP contribution >= 0.6 is 0 Å². The van der Waals surface area contributed by atoms with Crippen molar-refractivity contribution in [3.05, 3.63) is 0 Å². The van der Waals surface area contributed by atoms with Crippen molar-refractivity contribution < 1.29 is 14.6 Å². The van der Waals surface area contributed by atoms with Gasteiger partial charge in [-0.25, -0.2) is 0 Å². The summed E-state index contributed by atoms with van der Waals surface area (Å²) < 4.78 is 4.92. The number of rotatable bonds is 8. The highest BCUT2D eigenvalue weighted by atomic mass is 16.5. The first-order valence-corrected chi connectivity index (χ1v) is 6.84. The summed E-state index contributed by atoms with van der Waals surface area (Å²) in [6.07, 6.45) is 4.08. The number of amides is 1. The third-order valence-corrected chi connectivity index (χ3v) is 3.60. The molecule has 5 heteroatoms. The molecule has 1 amide bonds. The van der Waals surface area contributed by atoms with Crippen LogP contribution in [0.25, 0.3) is 0 Å². The maximum atomic E-state index is 12.0. The molecule has 1 aliphatic heterocycles. The number of hydrogen-bond donors (Lipinski definition) is 2. The Labute approximate surface area is 109 Å². The molecule has 1 fully saturated rings. The molecule has 0 spiro atoms. The van der Waals surface area contributed by atoms with Crippen molar-refractivity contribution in [2.45, 2.75) is 44.7 Å². The Morgan fingerprint density at radius 1 is 1.61 bits per heavy atom. The van der Waals surface area contributed by atoms with E-state index in [-0.39, 0.29) is 18.6 Å². The van der Waals surface area contributed by atoms with Crippen molar-refractivity contribution >= 4 is 5.91 Å². The summed E-state index contributed by atoms with van der Waals surface area (Å²) in [6, 6.07) is 0.355. The number of methoxy groups -OCH3 is 1. The van der Waals surface area contributed by atoms with E-state index in [0.29, 0.717) is 19.2 Å². The van der Waals surface area contributed by atoms with E-state index in [4.69, 9.17) is 9.84 Å². The van der Waals surface area contributed by atoms with Gasteiger partial charge in [-0.05, 0) is 39.2 Å².